The highest BCUT2D eigenvalue weighted by Crippen LogP contribution is 2.26. The summed E-state index contributed by atoms with van der Waals surface area (Å²) in [5.74, 6) is -1.01. The van der Waals surface area contributed by atoms with Crippen LogP contribution in [0.25, 0.3) is 0 Å². The minimum absolute atomic E-state index is 0.160. The summed E-state index contributed by atoms with van der Waals surface area (Å²) in [5, 5.41) is 8.96. The molecule has 2 N–H and O–H groups in total. The second-order valence-electron chi connectivity index (χ2n) is 6.26. The molecule has 1 rings (SSSR count). The fourth-order valence-electron chi connectivity index (χ4n) is 2.08. The topological polar surface area (TPSA) is 83.5 Å². The molecule has 21 heavy (non-hydrogen) atoms. The summed E-state index contributed by atoms with van der Waals surface area (Å²) in [7, 11) is -3.66. The summed E-state index contributed by atoms with van der Waals surface area (Å²) in [5.41, 5.74) is -0.160. The van der Waals surface area contributed by atoms with E-state index in [9.17, 15) is 13.2 Å². The van der Waals surface area contributed by atoms with Gasteiger partial charge >= 0.3 is 5.97 Å². The van der Waals surface area contributed by atoms with Crippen molar-refractivity contribution in [3.8, 4) is 0 Å². The number of hydrogen-bond donors (Lipinski definition) is 2. The van der Waals surface area contributed by atoms with Crippen LogP contribution >= 0.6 is 11.3 Å². The SMILES string of the molecule is CCc1ccc(S(=O)(=O)NC(CC(=O)O)CC(C)(C)C)s1. The van der Waals surface area contributed by atoms with E-state index in [0.29, 0.717) is 6.42 Å². The van der Waals surface area contributed by atoms with Gasteiger partial charge in [-0.15, -0.1) is 11.3 Å². The van der Waals surface area contributed by atoms with Gasteiger partial charge in [-0.25, -0.2) is 13.1 Å². The van der Waals surface area contributed by atoms with Crippen molar-refractivity contribution in [3.63, 3.8) is 0 Å². The first-order chi connectivity index (χ1) is 9.53. The second-order valence-corrected chi connectivity index (χ2v) is 9.36. The van der Waals surface area contributed by atoms with Gasteiger partial charge in [0, 0.05) is 10.9 Å². The highest BCUT2D eigenvalue weighted by Gasteiger charge is 2.27. The molecule has 0 amide bonds. The molecule has 0 saturated heterocycles. The molecular weight excluding hydrogens is 310 g/mol. The van der Waals surface area contributed by atoms with E-state index in [1.807, 2.05) is 27.7 Å². The number of nitrogens with one attached hydrogen (secondary N) is 1. The van der Waals surface area contributed by atoms with Crippen LogP contribution in [0.5, 0.6) is 0 Å². The first-order valence-corrected chi connectivity index (χ1v) is 9.16. The van der Waals surface area contributed by atoms with E-state index >= 15 is 0 Å². The summed E-state index contributed by atoms with van der Waals surface area (Å²) in [6.45, 7) is 7.83. The molecule has 0 aliphatic heterocycles. The molecule has 0 spiro atoms. The second kappa shape index (κ2) is 6.89. The van der Waals surface area contributed by atoms with E-state index in [0.717, 1.165) is 11.3 Å². The van der Waals surface area contributed by atoms with Crippen LogP contribution in [-0.2, 0) is 21.2 Å². The largest absolute Gasteiger partial charge is 0.481 e. The molecular formula is C14H23NO4S2. The third-order valence-electron chi connectivity index (χ3n) is 2.85. The van der Waals surface area contributed by atoms with Crippen molar-refractivity contribution in [3.05, 3.63) is 17.0 Å². The lowest BCUT2D eigenvalue weighted by Crippen LogP contribution is -2.38. The Balaban J connectivity index is 2.92. The quantitative estimate of drug-likeness (QED) is 0.803. The van der Waals surface area contributed by atoms with Crippen molar-refractivity contribution < 1.29 is 18.3 Å². The molecule has 5 nitrogen and oxygen atoms in total. The first kappa shape index (κ1) is 18.1. The molecule has 0 bridgehead atoms. The van der Waals surface area contributed by atoms with Gasteiger partial charge in [0.1, 0.15) is 4.21 Å². The van der Waals surface area contributed by atoms with Crippen molar-refractivity contribution >= 4 is 27.3 Å². The molecule has 0 aliphatic rings. The monoisotopic (exact) mass is 333 g/mol. The average Bonchev–Trinajstić information content (AvgIpc) is 2.73. The predicted octanol–water partition coefficient (Wildman–Crippen LogP) is 2.87. The number of aryl methyl sites for hydroxylation is 1. The van der Waals surface area contributed by atoms with E-state index in [-0.39, 0.29) is 16.0 Å². The van der Waals surface area contributed by atoms with Crippen LogP contribution in [0.4, 0.5) is 0 Å². The summed E-state index contributed by atoms with van der Waals surface area (Å²) in [6, 6.07) is 2.75. The highest BCUT2D eigenvalue weighted by atomic mass is 32.2. The standard InChI is InChI=1S/C14H23NO4S2/c1-5-11-6-7-13(20-11)21(18,19)15-10(8-12(16)17)9-14(2,3)4/h6-7,10,15H,5,8-9H2,1-4H3,(H,16,17). The molecule has 1 unspecified atom stereocenters. The number of rotatable bonds is 7. The van der Waals surface area contributed by atoms with Crippen molar-refractivity contribution in [1.29, 1.82) is 0 Å². The van der Waals surface area contributed by atoms with Crippen molar-refractivity contribution in [2.75, 3.05) is 0 Å². The molecule has 1 aromatic heterocycles. The van der Waals surface area contributed by atoms with Gasteiger partial charge in [0.05, 0.1) is 6.42 Å². The van der Waals surface area contributed by atoms with Gasteiger partial charge in [-0.05, 0) is 30.4 Å². The van der Waals surface area contributed by atoms with Gasteiger partial charge in [-0.1, -0.05) is 27.7 Å². The highest BCUT2D eigenvalue weighted by molar-refractivity contribution is 7.91. The Morgan fingerprint density at radius 3 is 2.43 bits per heavy atom. The lowest BCUT2D eigenvalue weighted by molar-refractivity contribution is -0.137. The molecule has 120 valence electrons. The number of hydrogen-bond acceptors (Lipinski definition) is 4. The minimum Gasteiger partial charge on any atom is -0.481 e. The third kappa shape index (κ3) is 6.15. The number of aliphatic carboxylic acids is 1. The number of carboxylic acid groups (broad SMARTS) is 1. The maximum absolute atomic E-state index is 12.3. The van der Waals surface area contributed by atoms with Gasteiger partial charge in [-0.3, -0.25) is 4.79 Å². The van der Waals surface area contributed by atoms with Crippen molar-refractivity contribution in [1.82, 2.24) is 4.72 Å². The van der Waals surface area contributed by atoms with E-state index in [1.54, 1.807) is 12.1 Å². The lowest BCUT2D eigenvalue weighted by atomic mass is 9.87. The molecule has 0 saturated carbocycles. The van der Waals surface area contributed by atoms with Crippen molar-refractivity contribution in [2.45, 2.75) is 57.2 Å². The molecule has 1 atom stereocenters. The molecule has 1 heterocycles. The fourth-order valence-corrected chi connectivity index (χ4v) is 4.62. The van der Waals surface area contributed by atoms with Crippen LogP contribution in [0.2, 0.25) is 0 Å². The molecule has 0 aromatic carbocycles. The van der Waals surface area contributed by atoms with Gasteiger partial charge < -0.3 is 5.11 Å². The van der Waals surface area contributed by atoms with Gasteiger partial charge in [0.25, 0.3) is 0 Å². The van der Waals surface area contributed by atoms with Crippen LogP contribution < -0.4 is 4.72 Å². The number of carboxylic acids is 1. The maximum atomic E-state index is 12.3. The predicted molar refractivity (Wildman–Crippen MR) is 84.1 cm³/mol. The number of thiophene rings is 1. The summed E-state index contributed by atoms with van der Waals surface area (Å²) < 4.78 is 27.5. The van der Waals surface area contributed by atoms with Crippen LogP contribution in [0.3, 0.4) is 0 Å². The maximum Gasteiger partial charge on any atom is 0.304 e. The third-order valence-corrected chi connectivity index (χ3v) is 6.09. The van der Waals surface area contributed by atoms with Crippen LogP contribution in [0, 0.1) is 5.41 Å². The van der Waals surface area contributed by atoms with E-state index < -0.39 is 22.0 Å². The average molecular weight is 333 g/mol. The zero-order valence-corrected chi connectivity index (χ0v) is 14.5. The zero-order valence-electron chi connectivity index (χ0n) is 12.8. The summed E-state index contributed by atoms with van der Waals surface area (Å²) >= 11 is 1.22. The first-order valence-electron chi connectivity index (χ1n) is 6.86. The molecule has 0 fully saturated rings. The Kier molecular flexibility index (Phi) is 5.95. The van der Waals surface area contributed by atoms with Gasteiger partial charge in [-0.2, -0.15) is 0 Å². The lowest BCUT2D eigenvalue weighted by Gasteiger charge is -2.25. The van der Waals surface area contributed by atoms with Crippen LogP contribution in [0.15, 0.2) is 16.3 Å². The van der Waals surface area contributed by atoms with Crippen LogP contribution in [-0.4, -0.2) is 25.5 Å². The Morgan fingerprint density at radius 2 is 2.00 bits per heavy atom. The Labute approximate surface area is 130 Å². The van der Waals surface area contributed by atoms with E-state index in [2.05, 4.69) is 4.72 Å². The molecule has 1 aromatic rings. The Bertz CT molecular complexity index is 584. The smallest absolute Gasteiger partial charge is 0.304 e. The Morgan fingerprint density at radius 1 is 1.38 bits per heavy atom. The fraction of sp³-hybridized carbons (Fsp3) is 0.643. The van der Waals surface area contributed by atoms with E-state index in [4.69, 9.17) is 5.11 Å². The number of sulfonamides is 1. The van der Waals surface area contributed by atoms with Gasteiger partial charge in [0.15, 0.2) is 0 Å². The van der Waals surface area contributed by atoms with Crippen LogP contribution in [0.1, 0.15) is 45.4 Å². The normalized spacial score (nSPS) is 14.1. The summed E-state index contributed by atoms with van der Waals surface area (Å²) in [6.07, 6.45) is 1.02. The molecule has 0 radical (unpaired) electrons. The summed E-state index contributed by atoms with van der Waals surface area (Å²) in [4.78, 5) is 11.9. The molecule has 7 heteroatoms. The Hall–Kier alpha value is -0.920. The van der Waals surface area contributed by atoms with Crippen molar-refractivity contribution in [2.24, 2.45) is 5.41 Å². The molecule has 0 aliphatic carbocycles. The van der Waals surface area contributed by atoms with E-state index in [1.165, 1.54) is 11.3 Å². The number of carbonyl (C=O) groups is 1. The minimum atomic E-state index is -3.66. The zero-order chi connectivity index (χ0) is 16.3. The van der Waals surface area contributed by atoms with Gasteiger partial charge in [0.2, 0.25) is 10.0 Å².